The molecule has 1 atom stereocenters. The van der Waals surface area contributed by atoms with Gasteiger partial charge in [-0.25, -0.2) is 9.78 Å². The van der Waals surface area contributed by atoms with Crippen LogP contribution in [0.15, 0.2) is 5.38 Å². The van der Waals surface area contributed by atoms with E-state index in [-0.39, 0.29) is 6.03 Å². The molecule has 1 saturated heterocycles. The summed E-state index contributed by atoms with van der Waals surface area (Å²) in [7, 11) is 0. The van der Waals surface area contributed by atoms with Gasteiger partial charge in [-0.1, -0.05) is 0 Å². The summed E-state index contributed by atoms with van der Waals surface area (Å²) in [5.74, 6) is 1.82. The van der Waals surface area contributed by atoms with Crippen molar-refractivity contribution in [3.05, 3.63) is 16.1 Å². The van der Waals surface area contributed by atoms with Crippen molar-refractivity contribution >= 4 is 29.1 Å². The van der Waals surface area contributed by atoms with Gasteiger partial charge in [-0.2, -0.15) is 11.8 Å². The van der Waals surface area contributed by atoms with Crippen molar-refractivity contribution in [3.8, 4) is 0 Å². The number of nitrogens with one attached hydrogen (secondary N) is 1. The highest BCUT2D eigenvalue weighted by molar-refractivity contribution is 7.98. The fraction of sp³-hybridized carbons (Fsp3) is 0.733. The molecule has 2 rings (SSSR count). The van der Waals surface area contributed by atoms with E-state index in [2.05, 4.69) is 21.9 Å². The molecule has 0 unspecified atom stereocenters. The van der Waals surface area contributed by atoms with Crippen LogP contribution in [-0.2, 0) is 6.42 Å². The number of carbonyl (C=O) groups excluding carboxylic acids is 1. The van der Waals surface area contributed by atoms with Gasteiger partial charge in [0.05, 0.1) is 5.01 Å². The predicted molar refractivity (Wildman–Crippen MR) is 91.2 cm³/mol. The molecule has 1 aliphatic heterocycles. The smallest absolute Gasteiger partial charge is 0.317 e. The lowest BCUT2D eigenvalue weighted by molar-refractivity contribution is 0.171. The average Bonchev–Trinajstić information content (AvgIpc) is 2.90. The third-order valence-electron chi connectivity index (χ3n) is 3.72. The number of nitrogens with zero attached hydrogens (tertiary/aromatic N) is 2. The van der Waals surface area contributed by atoms with Crippen LogP contribution >= 0.6 is 23.1 Å². The molecule has 1 N–H and O–H groups in total. The number of aryl methyl sites for hydroxylation is 2. The molecule has 0 aromatic carbocycles. The summed E-state index contributed by atoms with van der Waals surface area (Å²) in [5.41, 5.74) is 1.09. The van der Waals surface area contributed by atoms with E-state index in [1.54, 1.807) is 11.3 Å². The second kappa shape index (κ2) is 8.63. The molecule has 1 aromatic rings. The molecule has 4 nitrogen and oxygen atoms in total. The topological polar surface area (TPSA) is 45.2 Å². The minimum Gasteiger partial charge on any atom is -0.338 e. The zero-order chi connectivity index (χ0) is 15.1. The quantitative estimate of drug-likeness (QED) is 0.816. The summed E-state index contributed by atoms with van der Waals surface area (Å²) >= 11 is 3.58. The molecule has 1 aliphatic rings. The van der Waals surface area contributed by atoms with E-state index < -0.39 is 0 Å². The van der Waals surface area contributed by atoms with Gasteiger partial charge < -0.3 is 10.2 Å². The summed E-state index contributed by atoms with van der Waals surface area (Å²) in [5, 5.41) is 6.29. The van der Waals surface area contributed by atoms with Gasteiger partial charge in [-0.15, -0.1) is 11.3 Å². The van der Waals surface area contributed by atoms with Crippen LogP contribution in [0.1, 0.15) is 30.0 Å². The Hall–Kier alpha value is -0.750. The van der Waals surface area contributed by atoms with Crippen molar-refractivity contribution in [2.45, 2.75) is 32.6 Å². The fourth-order valence-corrected chi connectivity index (χ4v) is 4.25. The SMILES string of the molecule is CSC[C@@H]1CCCN(C(=O)NCCCc2nc(C)cs2)C1. The lowest BCUT2D eigenvalue weighted by atomic mass is 10.0. The molecule has 1 fully saturated rings. The van der Waals surface area contributed by atoms with Crippen LogP contribution in [0.2, 0.25) is 0 Å². The molecule has 118 valence electrons. The molecule has 0 aliphatic carbocycles. The number of piperidine rings is 1. The first-order valence-corrected chi connectivity index (χ1v) is 9.89. The van der Waals surface area contributed by atoms with Crippen LogP contribution < -0.4 is 5.32 Å². The Morgan fingerprint density at radius 1 is 1.62 bits per heavy atom. The lowest BCUT2D eigenvalue weighted by Crippen LogP contribution is -2.46. The number of urea groups is 1. The molecular formula is C15H25N3OS2. The van der Waals surface area contributed by atoms with E-state index in [4.69, 9.17) is 0 Å². The maximum atomic E-state index is 12.2. The van der Waals surface area contributed by atoms with E-state index in [1.807, 2.05) is 23.6 Å². The van der Waals surface area contributed by atoms with Crippen molar-refractivity contribution < 1.29 is 4.79 Å². The van der Waals surface area contributed by atoms with Crippen LogP contribution in [0.4, 0.5) is 4.79 Å². The van der Waals surface area contributed by atoms with Gasteiger partial charge in [-0.05, 0) is 44.1 Å². The monoisotopic (exact) mass is 327 g/mol. The Kier molecular flexibility index (Phi) is 6.83. The van der Waals surface area contributed by atoms with E-state index in [1.165, 1.54) is 11.4 Å². The number of likely N-dealkylation sites (tertiary alicyclic amines) is 1. The van der Waals surface area contributed by atoms with Crippen LogP contribution in [-0.4, -0.2) is 47.6 Å². The van der Waals surface area contributed by atoms with E-state index in [0.29, 0.717) is 5.92 Å². The fourth-order valence-electron chi connectivity index (χ4n) is 2.69. The molecule has 0 radical (unpaired) electrons. The number of aromatic nitrogens is 1. The Labute approximate surface area is 135 Å². The predicted octanol–water partition coefficient (Wildman–Crippen LogP) is 3.17. The third-order valence-corrected chi connectivity index (χ3v) is 5.55. The first-order chi connectivity index (χ1) is 10.2. The summed E-state index contributed by atoms with van der Waals surface area (Å²) < 4.78 is 0. The summed E-state index contributed by atoms with van der Waals surface area (Å²) in [6.07, 6.45) is 6.44. The van der Waals surface area contributed by atoms with Crippen LogP contribution in [0, 0.1) is 12.8 Å². The van der Waals surface area contributed by atoms with Gasteiger partial charge in [0, 0.05) is 37.1 Å². The van der Waals surface area contributed by atoms with Crippen molar-refractivity contribution in [1.82, 2.24) is 15.2 Å². The second-order valence-corrected chi connectivity index (χ2v) is 7.48. The van der Waals surface area contributed by atoms with Crippen molar-refractivity contribution in [2.24, 2.45) is 5.92 Å². The minimum absolute atomic E-state index is 0.108. The average molecular weight is 328 g/mol. The molecule has 6 heteroatoms. The highest BCUT2D eigenvalue weighted by Crippen LogP contribution is 2.19. The number of hydrogen-bond acceptors (Lipinski definition) is 4. The zero-order valence-electron chi connectivity index (χ0n) is 12.9. The largest absolute Gasteiger partial charge is 0.338 e. The number of hydrogen-bond donors (Lipinski definition) is 1. The first kappa shape index (κ1) is 16.6. The van der Waals surface area contributed by atoms with Gasteiger partial charge in [0.2, 0.25) is 0 Å². The number of thioether (sulfide) groups is 1. The number of rotatable bonds is 6. The molecular weight excluding hydrogens is 302 g/mol. The van der Waals surface area contributed by atoms with E-state index in [0.717, 1.165) is 50.3 Å². The lowest BCUT2D eigenvalue weighted by Gasteiger charge is -2.32. The Balaban J connectivity index is 1.64. The summed E-state index contributed by atoms with van der Waals surface area (Å²) in [4.78, 5) is 18.6. The van der Waals surface area contributed by atoms with Gasteiger partial charge in [0.25, 0.3) is 0 Å². The second-order valence-electron chi connectivity index (χ2n) is 5.63. The number of thiazole rings is 1. The third kappa shape index (κ3) is 5.51. The van der Waals surface area contributed by atoms with Crippen LogP contribution in [0.3, 0.4) is 0 Å². The Morgan fingerprint density at radius 3 is 3.19 bits per heavy atom. The van der Waals surface area contributed by atoms with E-state index >= 15 is 0 Å². The molecule has 0 spiro atoms. The summed E-state index contributed by atoms with van der Waals surface area (Å²) in [6.45, 7) is 4.57. The molecule has 2 amide bonds. The highest BCUT2D eigenvalue weighted by Gasteiger charge is 2.22. The van der Waals surface area contributed by atoms with E-state index in [9.17, 15) is 4.79 Å². The molecule has 1 aromatic heterocycles. The Morgan fingerprint density at radius 2 is 2.48 bits per heavy atom. The maximum absolute atomic E-state index is 12.2. The van der Waals surface area contributed by atoms with Gasteiger partial charge in [0.1, 0.15) is 0 Å². The summed E-state index contributed by atoms with van der Waals surface area (Å²) in [6, 6.07) is 0.108. The van der Waals surface area contributed by atoms with Crippen LogP contribution in [0.25, 0.3) is 0 Å². The number of amides is 2. The maximum Gasteiger partial charge on any atom is 0.317 e. The molecule has 2 heterocycles. The standard InChI is InChI=1S/C15H25N3OS2/c1-12-10-21-14(17-12)6-3-7-16-15(19)18-8-4-5-13(9-18)11-20-2/h10,13H,3-9,11H2,1-2H3,(H,16,19)/t13-/m1/s1. The Bertz CT molecular complexity index is 448. The number of carbonyl (C=O) groups is 1. The molecule has 0 bridgehead atoms. The van der Waals surface area contributed by atoms with Gasteiger partial charge >= 0.3 is 6.03 Å². The van der Waals surface area contributed by atoms with Crippen molar-refractivity contribution in [2.75, 3.05) is 31.6 Å². The van der Waals surface area contributed by atoms with Crippen LogP contribution in [0.5, 0.6) is 0 Å². The van der Waals surface area contributed by atoms with Gasteiger partial charge in [-0.3, -0.25) is 0 Å². The van der Waals surface area contributed by atoms with Crippen molar-refractivity contribution in [1.29, 1.82) is 0 Å². The zero-order valence-corrected chi connectivity index (χ0v) is 14.6. The molecule has 21 heavy (non-hydrogen) atoms. The normalized spacial score (nSPS) is 18.8. The highest BCUT2D eigenvalue weighted by atomic mass is 32.2. The minimum atomic E-state index is 0.108. The van der Waals surface area contributed by atoms with Crippen molar-refractivity contribution in [3.63, 3.8) is 0 Å². The van der Waals surface area contributed by atoms with Gasteiger partial charge in [0.15, 0.2) is 0 Å². The first-order valence-electron chi connectivity index (χ1n) is 7.61. The molecule has 0 saturated carbocycles.